The van der Waals surface area contributed by atoms with E-state index in [4.69, 9.17) is 0 Å². The third-order valence-corrected chi connectivity index (χ3v) is 5.89. The molecule has 0 fully saturated rings. The van der Waals surface area contributed by atoms with Crippen LogP contribution in [0.3, 0.4) is 0 Å². The maximum Gasteiger partial charge on any atom is 0.0341 e. The molecule has 0 spiro atoms. The Bertz CT molecular complexity index is 576. The number of thioether (sulfide) groups is 1. The molecule has 0 radical (unpaired) electrons. The van der Waals surface area contributed by atoms with Crippen molar-refractivity contribution in [2.24, 2.45) is 0 Å². The second-order valence-electron chi connectivity index (χ2n) is 5.51. The van der Waals surface area contributed by atoms with Crippen molar-refractivity contribution in [1.82, 2.24) is 5.32 Å². The van der Waals surface area contributed by atoms with Crippen LogP contribution in [-0.4, -0.2) is 11.8 Å². The molecule has 0 saturated heterocycles. The van der Waals surface area contributed by atoms with Gasteiger partial charge in [0.2, 0.25) is 0 Å². The SMILES string of the molecule is Cc1ccc(CC(C)NC2CCSc3ccccc32)s1. The van der Waals surface area contributed by atoms with Crippen LogP contribution in [0.2, 0.25) is 0 Å². The van der Waals surface area contributed by atoms with E-state index >= 15 is 0 Å². The molecule has 20 heavy (non-hydrogen) atoms. The van der Waals surface area contributed by atoms with Gasteiger partial charge in [0, 0.05) is 26.7 Å². The number of hydrogen-bond donors (Lipinski definition) is 1. The second kappa shape index (κ2) is 6.33. The fourth-order valence-electron chi connectivity index (χ4n) is 2.81. The molecule has 2 aromatic rings. The van der Waals surface area contributed by atoms with Crippen LogP contribution in [0.1, 0.15) is 34.7 Å². The quantitative estimate of drug-likeness (QED) is 0.869. The molecule has 3 rings (SSSR count). The van der Waals surface area contributed by atoms with Crippen LogP contribution in [0.25, 0.3) is 0 Å². The van der Waals surface area contributed by atoms with E-state index in [9.17, 15) is 0 Å². The summed E-state index contributed by atoms with van der Waals surface area (Å²) in [6, 6.07) is 14.4. The summed E-state index contributed by atoms with van der Waals surface area (Å²) >= 11 is 3.91. The lowest BCUT2D eigenvalue weighted by Gasteiger charge is -2.28. The number of nitrogens with one attached hydrogen (secondary N) is 1. The molecule has 1 N–H and O–H groups in total. The van der Waals surface area contributed by atoms with E-state index in [-0.39, 0.29) is 0 Å². The minimum Gasteiger partial charge on any atom is -0.307 e. The van der Waals surface area contributed by atoms with Gasteiger partial charge in [0.05, 0.1) is 0 Å². The lowest BCUT2D eigenvalue weighted by Crippen LogP contribution is -2.33. The molecule has 3 heteroatoms. The Hall–Kier alpha value is -0.770. The first-order valence-electron chi connectivity index (χ1n) is 7.25. The Morgan fingerprint density at radius 2 is 2.10 bits per heavy atom. The predicted octanol–water partition coefficient (Wildman–Crippen LogP) is 4.81. The average Bonchev–Trinajstić information content (AvgIpc) is 2.84. The minimum absolute atomic E-state index is 0.517. The Morgan fingerprint density at radius 3 is 2.90 bits per heavy atom. The van der Waals surface area contributed by atoms with E-state index < -0.39 is 0 Å². The van der Waals surface area contributed by atoms with Gasteiger partial charge in [-0.1, -0.05) is 18.2 Å². The molecule has 106 valence electrons. The van der Waals surface area contributed by atoms with Crippen LogP contribution in [0.5, 0.6) is 0 Å². The van der Waals surface area contributed by atoms with E-state index in [2.05, 4.69) is 55.6 Å². The van der Waals surface area contributed by atoms with Gasteiger partial charge in [-0.15, -0.1) is 23.1 Å². The average molecular weight is 303 g/mol. The summed E-state index contributed by atoms with van der Waals surface area (Å²) in [7, 11) is 0. The third-order valence-electron chi connectivity index (χ3n) is 3.75. The summed E-state index contributed by atoms with van der Waals surface area (Å²) in [6.07, 6.45) is 2.36. The summed E-state index contributed by atoms with van der Waals surface area (Å²) in [5.41, 5.74) is 1.48. The predicted molar refractivity (Wildman–Crippen MR) is 89.9 cm³/mol. The molecule has 1 aromatic carbocycles. The van der Waals surface area contributed by atoms with Gasteiger partial charge in [-0.05, 0) is 56.2 Å². The molecular formula is C17H21NS2. The highest BCUT2D eigenvalue weighted by Crippen LogP contribution is 2.36. The van der Waals surface area contributed by atoms with E-state index in [0.717, 1.165) is 6.42 Å². The molecule has 0 amide bonds. The molecule has 2 unspecified atom stereocenters. The molecule has 1 aromatic heterocycles. The van der Waals surface area contributed by atoms with Crippen LogP contribution < -0.4 is 5.32 Å². The van der Waals surface area contributed by atoms with Gasteiger partial charge in [-0.3, -0.25) is 0 Å². The number of hydrogen-bond acceptors (Lipinski definition) is 3. The summed E-state index contributed by atoms with van der Waals surface area (Å²) in [4.78, 5) is 4.35. The lowest BCUT2D eigenvalue weighted by molar-refractivity contribution is 0.439. The van der Waals surface area contributed by atoms with Crippen molar-refractivity contribution in [3.8, 4) is 0 Å². The zero-order valence-corrected chi connectivity index (χ0v) is 13.7. The largest absolute Gasteiger partial charge is 0.307 e. The van der Waals surface area contributed by atoms with Crippen molar-refractivity contribution in [2.75, 3.05) is 5.75 Å². The number of fused-ring (bicyclic) bond motifs is 1. The summed E-state index contributed by atoms with van der Waals surface area (Å²) < 4.78 is 0. The topological polar surface area (TPSA) is 12.0 Å². The molecule has 2 heterocycles. The maximum atomic E-state index is 3.83. The van der Waals surface area contributed by atoms with Gasteiger partial charge >= 0.3 is 0 Å². The highest BCUT2D eigenvalue weighted by molar-refractivity contribution is 7.99. The molecule has 0 saturated carbocycles. The van der Waals surface area contributed by atoms with E-state index in [0.29, 0.717) is 12.1 Å². The fraction of sp³-hybridized carbons (Fsp3) is 0.412. The molecule has 2 atom stereocenters. The second-order valence-corrected chi connectivity index (χ2v) is 8.02. The summed E-state index contributed by atoms with van der Waals surface area (Å²) in [6.45, 7) is 4.49. The van der Waals surface area contributed by atoms with Crippen molar-refractivity contribution in [3.05, 3.63) is 51.7 Å². The highest BCUT2D eigenvalue weighted by atomic mass is 32.2. The Morgan fingerprint density at radius 1 is 1.25 bits per heavy atom. The van der Waals surface area contributed by atoms with Gasteiger partial charge < -0.3 is 5.32 Å². The van der Waals surface area contributed by atoms with Crippen molar-refractivity contribution in [1.29, 1.82) is 0 Å². The molecule has 1 aliphatic rings. The van der Waals surface area contributed by atoms with Crippen LogP contribution in [-0.2, 0) is 6.42 Å². The lowest BCUT2D eigenvalue weighted by atomic mass is 10.0. The fourth-order valence-corrected chi connectivity index (χ4v) is 4.96. The van der Waals surface area contributed by atoms with Crippen LogP contribution in [0.15, 0.2) is 41.3 Å². The maximum absolute atomic E-state index is 3.83. The zero-order valence-electron chi connectivity index (χ0n) is 12.1. The molecule has 0 bridgehead atoms. The molecule has 1 aliphatic heterocycles. The molecule has 1 nitrogen and oxygen atoms in total. The van der Waals surface area contributed by atoms with Gasteiger partial charge in [0.1, 0.15) is 0 Å². The Labute approximate surface area is 129 Å². The number of thiophene rings is 1. The normalized spacial score (nSPS) is 19.6. The summed E-state index contributed by atoms with van der Waals surface area (Å²) in [5, 5.41) is 3.83. The smallest absolute Gasteiger partial charge is 0.0341 e. The Balaban J connectivity index is 1.66. The first-order valence-corrected chi connectivity index (χ1v) is 9.05. The third kappa shape index (κ3) is 3.27. The standard InChI is InChI=1S/C17H21NS2/c1-12(11-14-8-7-13(2)20-14)18-16-9-10-19-17-6-4-3-5-15(16)17/h3-8,12,16,18H,9-11H2,1-2H3. The van der Waals surface area contributed by atoms with Gasteiger partial charge in [-0.25, -0.2) is 0 Å². The number of rotatable bonds is 4. The number of aryl methyl sites for hydroxylation is 1. The van der Waals surface area contributed by atoms with Crippen LogP contribution in [0.4, 0.5) is 0 Å². The van der Waals surface area contributed by atoms with Crippen molar-refractivity contribution < 1.29 is 0 Å². The van der Waals surface area contributed by atoms with Crippen molar-refractivity contribution >= 4 is 23.1 Å². The Kier molecular flexibility index (Phi) is 4.49. The van der Waals surface area contributed by atoms with Crippen LogP contribution in [0, 0.1) is 6.92 Å². The monoisotopic (exact) mass is 303 g/mol. The van der Waals surface area contributed by atoms with E-state index in [1.807, 2.05) is 23.1 Å². The van der Waals surface area contributed by atoms with E-state index in [1.54, 1.807) is 0 Å². The van der Waals surface area contributed by atoms with Crippen molar-refractivity contribution in [2.45, 2.75) is 43.7 Å². The first kappa shape index (κ1) is 14.2. The highest BCUT2D eigenvalue weighted by Gasteiger charge is 2.21. The van der Waals surface area contributed by atoms with Crippen molar-refractivity contribution in [3.63, 3.8) is 0 Å². The molecule has 0 aliphatic carbocycles. The number of benzene rings is 1. The van der Waals surface area contributed by atoms with Gasteiger partial charge in [0.15, 0.2) is 0 Å². The van der Waals surface area contributed by atoms with Gasteiger partial charge in [-0.2, -0.15) is 0 Å². The first-order chi connectivity index (χ1) is 9.72. The van der Waals surface area contributed by atoms with Crippen LogP contribution >= 0.6 is 23.1 Å². The zero-order chi connectivity index (χ0) is 13.9. The van der Waals surface area contributed by atoms with E-state index in [1.165, 1.54) is 32.4 Å². The summed E-state index contributed by atoms with van der Waals surface area (Å²) in [5.74, 6) is 1.22. The van der Waals surface area contributed by atoms with Gasteiger partial charge in [0.25, 0.3) is 0 Å². The molecular weight excluding hydrogens is 282 g/mol. The minimum atomic E-state index is 0.517.